The Hall–Kier alpha value is -0.660. The monoisotopic (exact) mass is 114 g/mol. The van der Waals surface area contributed by atoms with E-state index in [0.29, 0.717) is 6.10 Å². The summed E-state index contributed by atoms with van der Waals surface area (Å²) in [6.07, 6.45) is 4.47. The van der Waals surface area contributed by atoms with Crippen LogP contribution in [0.3, 0.4) is 0 Å². The lowest BCUT2D eigenvalue weighted by molar-refractivity contribution is 0.150. The summed E-state index contributed by atoms with van der Waals surface area (Å²) >= 11 is 0. The van der Waals surface area contributed by atoms with Gasteiger partial charge in [-0.05, 0) is 6.92 Å². The first-order valence-electron chi connectivity index (χ1n) is 2.81. The topological polar surface area (TPSA) is 18.5 Å². The molecule has 0 saturated heterocycles. The minimum atomic E-state index is 0.314. The summed E-state index contributed by atoms with van der Waals surface area (Å²) in [5, 5.41) is 0. The zero-order valence-electron chi connectivity index (χ0n) is 4.96. The maximum Gasteiger partial charge on any atom is 0.118 e. The van der Waals surface area contributed by atoms with Gasteiger partial charge in [-0.2, -0.15) is 0 Å². The molecule has 0 saturated carbocycles. The molecule has 0 aliphatic carbocycles. The Morgan fingerprint density at radius 3 is 3.25 bits per heavy atom. The minimum absolute atomic E-state index is 0.314. The molecule has 1 heterocycles. The molecule has 0 aromatic carbocycles. The van der Waals surface area contributed by atoms with E-state index in [1.54, 1.807) is 12.5 Å². The van der Waals surface area contributed by atoms with Crippen molar-refractivity contribution < 1.29 is 9.47 Å². The summed E-state index contributed by atoms with van der Waals surface area (Å²) in [7, 11) is 0. The second-order valence-corrected chi connectivity index (χ2v) is 1.88. The maximum atomic E-state index is 5.10. The van der Waals surface area contributed by atoms with Crippen LogP contribution in [0, 0.1) is 0 Å². The number of hydrogen-bond donors (Lipinski definition) is 0. The first-order chi connectivity index (χ1) is 3.89. The van der Waals surface area contributed by atoms with Crippen molar-refractivity contribution in [1.29, 1.82) is 0 Å². The molecule has 0 N–H and O–H groups in total. The van der Waals surface area contributed by atoms with E-state index in [4.69, 9.17) is 9.47 Å². The van der Waals surface area contributed by atoms with E-state index >= 15 is 0 Å². The average Bonchev–Trinajstić information content (AvgIpc) is 1.94. The van der Waals surface area contributed by atoms with Gasteiger partial charge in [-0.1, -0.05) is 0 Å². The molecule has 8 heavy (non-hydrogen) atoms. The quantitative estimate of drug-likeness (QED) is 0.472. The van der Waals surface area contributed by atoms with E-state index in [1.807, 2.05) is 6.92 Å². The summed E-state index contributed by atoms with van der Waals surface area (Å²) < 4.78 is 10.1. The van der Waals surface area contributed by atoms with Gasteiger partial charge in [0.15, 0.2) is 0 Å². The fourth-order valence-electron chi connectivity index (χ4n) is 0.576. The van der Waals surface area contributed by atoms with Gasteiger partial charge in [0.05, 0.1) is 12.7 Å². The van der Waals surface area contributed by atoms with Gasteiger partial charge in [-0.15, -0.1) is 0 Å². The highest BCUT2D eigenvalue weighted by atomic mass is 16.5. The molecule has 1 atom stereocenters. The van der Waals surface area contributed by atoms with Crippen LogP contribution in [-0.2, 0) is 9.47 Å². The molecule has 46 valence electrons. The highest BCUT2D eigenvalue weighted by Crippen LogP contribution is 2.02. The fraction of sp³-hybridized carbons (Fsp3) is 0.667. The Balaban J connectivity index is 2.30. The van der Waals surface area contributed by atoms with Gasteiger partial charge in [0.2, 0.25) is 0 Å². The van der Waals surface area contributed by atoms with Gasteiger partial charge in [0, 0.05) is 6.42 Å². The first kappa shape index (κ1) is 5.48. The molecule has 2 nitrogen and oxygen atoms in total. The van der Waals surface area contributed by atoms with Crippen molar-refractivity contribution in [3.05, 3.63) is 12.5 Å². The molecule has 0 spiro atoms. The van der Waals surface area contributed by atoms with Crippen LogP contribution in [0.5, 0.6) is 0 Å². The van der Waals surface area contributed by atoms with Gasteiger partial charge in [-0.25, -0.2) is 0 Å². The van der Waals surface area contributed by atoms with Gasteiger partial charge < -0.3 is 9.47 Å². The summed E-state index contributed by atoms with van der Waals surface area (Å²) in [6.45, 7) is 2.80. The molecule has 1 aliphatic rings. The number of ether oxygens (including phenoxy) is 2. The second-order valence-electron chi connectivity index (χ2n) is 1.88. The highest BCUT2D eigenvalue weighted by molar-refractivity contribution is 4.67. The van der Waals surface area contributed by atoms with Gasteiger partial charge >= 0.3 is 0 Å². The van der Waals surface area contributed by atoms with Crippen LogP contribution < -0.4 is 0 Å². The first-order valence-corrected chi connectivity index (χ1v) is 2.81. The molecule has 0 aromatic rings. The Morgan fingerprint density at radius 2 is 2.38 bits per heavy atom. The third-order valence-electron chi connectivity index (χ3n) is 1.10. The van der Waals surface area contributed by atoms with Crippen LogP contribution in [0.25, 0.3) is 0 Å². The molecule has 1 rings (SSSR count). The van der Waals surface area contributed by atoms with Gasteiger partial charge in [-0.3, -0.25) is 0 Å². The van der Waals surface area contributed by atoms with E-state index in [1.165, 1.54) is 0 Å². The van der Waals surface area contributed by atoms with E-state index in [-0.39, 0.29) is 0 Å². The lowest BCUT2D eigenvalue weighted by Gasteiger charge is -2.04. The van der Waals surface area contributed by atoms with E-state index in [0.717, 1.165) is 13.0 Å². The van der Waals surface area contributed by atoms with Crippen LogP contribution in [0.4, 0.5) is 0 Å². The molecule has 0 bridgehead atoms. The number of rotatable bonds is 0. The number of hydrogen-bond acceptors (Lipinski definition) is 2. The molecule has 1 unspecified atom stereocenters. The van der Waals surface area contributed by atoms with Crippen LogP contribution in [0.15, 0.2) is 12.5 Å². The zero-order chi connectivity index (χ0) is 5.82. The predicted molar refractivity (Wildman–Crippen MR) is 30.3 cm³/mol. The Bertz CT molecular complexity index is 88.5. The molecular formula is C6H10O2. The van der Waals surface area contributed by atoms with Crippen LogP contribution in [0.2, 0.25) is 0 Å². The molecule has 0 aromatic heterocycles. The third-order valence-corrected chi connectivity index (χ3v) is 1.10. The summed E-state index contributed by atoms with van der Waals surface area (Å²) in [5.74, 6) is 0. The smallest absolute Gasteiger partial charge is 0.118 e. The van der Waals surface area contributed by atoms with Crippen LogP contribution in [0.1, 0.15) is 13.3 Å². The van der Waals surface area contributed by atoms with Crippen LogP contribution in [-0.4, -0.2) is 12.7 Å². The minimum Gasteiger partial charge on any atom is -0.498 e. The van der Waals surface area contributed by atoms with Crippen molar-refractivity contribution in [1.82, 2.24) is 0 Å². The molecule has 1 aliphatic heterocycles. The predicted octanol–water partition coefficient (Wildman–Crippen LogP) is 1.28. The third kappa shape index (κ3) is 1.45. The Morgan fingerprint density at radius 1 is 1.50 bits per heavy atom. The maximum absolute atomic E-state index is 5.10. The van der Waals surface area contributed by atoms with E-state index < -0.39 is 0 Å². The summed E-state index contributed by atoms with van der Waals surface area (Å²) in [6, 6.07) is 0. The van der Waals surface area contributed by atoms with Crippen molar-refractivity contribution in [3.63, 3.8) is 0 Å². The standard InChI is InChI=1S/C6H10O2/c1-6-2-3-7-4-5-8-6/h4-6H,2-3H2,1H3. The van der Waals surface area contributed by atoms with Crippen molar-refractivity contribution in [2.24, 2.45) is 0 Å². The summed E-state index contributed by atoms with van der Waals surface area (Å²) in [5.41, 5.74) is 0. The molecule has 0 fully saturated rings. The van der Waals surface area contributed by atoms with Crippen molar-refractivity contribution in [2.75, 3.05) is 6.61 Å². The average molecular weight is 114 g/mol. The van der Waals surface area contributed by atoms with Crippen molar-refractivity contribution >= 4 is 0 Å². The van der Waals surface area contributed by atoms with Crippen molar-refractivity contribution in [3.8, 4) is 0 Å². The molecular weight excluding hydrogens is 104 g/mol. The highest BCUT2D eigenvalue weighted by Gasteiger charge is 2.01. The lowest BCUT2D eigenvalue weighted by atomic mass is 10.3. The van der Waals surface area contributed by atoms with Gasteiger partial charge in [0.1, 0.15) is 12.5 Å². The zero-order valence-corrected chi connectivity index (χ0v) is 4.96. The normalized spacial score (nSPS) is 27.9. The molecule has 0 radical (unpaired) electrons. The van der Waals surface area contributed by atoms with Crippen molar-refractivity contribution in [2.45, 2.75) is 19.4 Å². The summed E-state index contributed by atoms with van der Waals surface area (Å²) in [4.78, 5) is 0. The lowest BCUT2D eigenvalue weighted by Crippen LogP contribution is -2.03. The molecule has 0 amide bonds. The Kier molecular flexibility index (Phi) is 1.78. The largest absolute Gasteiger partial charge is 0.498 e. The fourth-order valence-corrected chi connectivity index (χ4v) is 0.576. The second kappa shape index (κ2) is 2.60. The van der Waals surface area contributed by atoms with E-state index in [2.05, 4.69) is 0 Å². The SMILES string of the molecule is CC1CCOC=CO1. The molecule has 2 heteroatoms. The van der Waals surface area contributed by atoms with Gasteiger partial charge in [0.25, 0.3) is 0 Å². The Labute approximate surface area is 49.1 Å². The van der Waals surface area contributed by atoms with Crippen LogP contribution >= 0.6 is 0 Å². The van der Waals surface area contributed by atoms with E-state index in [9.17, 15) is 0 Å².